The number of allylic oxidation sites excluding steroid dienone is 2. The molecule has 0 aliphatic heterocycles. The van der Waals surface area contributed by atoms with Crippen LogP contribution >= 0.6 is 7.60 Å². The van der Waals surface area contributed by atoms with E-state index in [-0.39, 0.29) is 17.9 Å². The van der Waals surface area contributed by atoms with Crippen molar-refractivity contribution in [3.8, 4) is 0 Å². The van der Waals surface area contributed by atoms with Crippen LogP contribution in [0.1, 0.15) is 27.7 Å². The highest BCUT2D eigenvalue weighted by molar-refractivity contribution is 7.54. The normalized spacial score (nSPS) is 12.6. The lowest BCUT2D eigenvalue weighted by molar-refractivity contribution is -0.117. The van der Waals surface area contributed by atoms with Gasteiger partial charge in [-0.05, 0) is 19.9 Å². The van der Waals surface area contributed by atoms with Crippen molar-refractivity contribution in [1.29, 1.82) is 0 Å². The second kappa shape index (κ2) is 7.77. The van der Waals surface area contributed by atoms with Crippen molar-refractivity contribution in [1.82, 2.24) is 0 Å². The van der Waals surface area contributed by atoms with E-state index in [0.29, 0.717) is 13.2 Å². The van der Waals surface area contributed by atoms with Crippen LogP contribution in [0, 0.1) is 5.92 Å². The molecule has 0 N–H and O–H groups in total. The predicted octanol–water partition coefficient (Wildman–Crippen LogP) is 3.03. The maximum Gasteiger partial charge on any atom is 0.334 e. The lowest BCUT2D eigenvalue weighted by Gasteiger charge is -2.14. The van der Waals surface area contributed by atoms with Gasteiger partial charge < -0.3 is 9.05 Å². The Morgan fingerprint density at radius 2 is 1.75 bits per heavy atom. The van der Waals surface area contributed by atoms with Gasteiger partial charge in [0.05, 0.1) is 19.4 Å². The first kappa shape index (κ1) is 15.6. The Kier molecular flexibility index (Phi) is 7.56. The van der Waals surface area contributed by atoms with Gasteiger partial charge in [0, 0.05) is 5.92 Å². The van der Waals surface area contributed by atoms with E-state index in [1.165, 1.54) is 6.08 Å². The fraction of sp³-hybridized carbons (Fsp3) is 0.727. The maximum atomic E-state index is 12.0. The second-order valence-electron chi connectivity index (χ2n) is 3.59. The predicted molar refractivity (Wildman–Crippen MR) is 64.7 cm³/mol. The van der Waals surface area contributed by atoms with Gasteiger partial charge in [-0.1, -0.05) is 19.9 Å². The van der Waals surface area contributed by atoms with Crippen LogP contribution < -0.4 is 0 Å². The van der Waals surface area contributed by atoms with Gasteiger partial charge in [-0.3, -0.25) is 9.36 Å². The lowest BCUT2D eigenvalue weighted by Crippen LogP contribution is -2.03. The minimum Gasteiger partial charge on any atom is -0.309 e. The summed E-state index contributed by atoms with van der Waals surface area (Å²) in [7, 11) is -3.04. The van der Waals surface area contributed by atoms with Gasteiger partial charge in [0.2, 0.25) is 0 Å². The molecule has 0 unspecified atom stereocenters. The van der Waals surface area contributed by atoms with Crippen LogP contribution in [0.5, 0.6) is 0 Å². The standard InChI is InChI=1S/C11H21O4P/c1-5-14-16(13,15-6-2)9-7-8-11(12)10(3)4/h7-8,10H,5-6,9H2,1-4H3/b8-7+. The largest absolute Gasteiger partial charge is 0.334 e. The maximum absolute atomic E-state index is 12.0. The first-order valence-electron chi connectivity index (χ1n) is 5.53. The van der Waals surface area contributed by atoms with Crippen LogP contribution in [0.2, 0.25) is 0 Å². The molecule has 0 aromatic carbocycles. The molecule has 4 nitrogen and oxygen atoms in total. The van der Waals surface area contributed by atoms with Gasteiger partial charge in [-0.2, -0.15) is 0 Å². The number of hydrogen-bond donors (Lipinski definition) is 0. The minimum atomic E-state index is -3.04. The topological polar surface area (TPSA) is 52.6 Å². The zero-order valence-corrected chi connectivity index (χ0v) is 11.3. The first-order valence-corrected chi connectivity index (χ1v) is 7.26. The quantitative estimate of drug-likeness (QED) is 0.489. The van der Waals surface area contributed by atoms with Crippen molar-refractivity contribution < 1.29 is 18.4 Å². The van der Waals surface area contributed by atoms with Crippen LogP contribution in [0.25, 0.3) is 0 Å². The number of ketones is 1. The van der Waals surface area contributed by atoms with Crippen LogP contribution in [0.15, 0.2) is 12.2 Å². The molecule has 0 saturated carbocycles. The first-order chi connectivity index (χ1) is 7.45. The number of hydrogen-bond acceptors (Lipinski definition) is 4. The summed E-state index contributed by atoms with van der Waals surface area (Å²) in [4.78, 5) is 11.3. The molecule has 16 heavy (non-hydrogen) atoms. The van der Waals surface area contributed by atoms with Gasteiger partial charge in [0.15, 0.2) is 5.78 Å². The Bertz CT molecular complexity index is 274. The molecule has 0 rings (SSSR count). The summed E-state index contributed by atoms with van der Waals surface area (Å²) in [6.07, 6.45) is 3.15. The Balaban J connectivity index is 4.32. The molecule has 0 bridgehead atoms. The third-order valence-corrected chi connectivity index (χ3v) is 3.79. The Morgan fingerprint density at radius 1 is 1.25 bits per heavy atom. The minimum absolute atomic E-state index is 0.0135. The van der Waals surface area contributed by atoms with Gasteiger partial charge >= 0.3 is 7.60 Å². The van der Waals surface area contributed by atoms with E-state index in [0.717, 1.165) is 0 Å². The van der Waals surface area contributed by atoms with E-state index in [1.54, 1.807) is 19.9 Å². The average Bonchev–Trinajstić information content (AvgIpc) is 2.17. The molecule has 0 aliphatic rings. The van der Waals surface area contributed by atoms with E-state index in [9.17, 15) is 9.36 Å². The van der Waals surface area contributed by atoms with Gasteiger partial charge in [-0.15, -0.1) is 0 Å². The van der Waals surface area contributed by atoms with Crippen molar-refractivity contribution in [2.45, 2.75) is 27.7 Å². The van der Waals surface area contributed by atoms with Crippen LogP contribution in [0.4, 0.5) is 0 Å². The highest BCUT2D eigenvalue weighted by Crippen LogP contribution is 2.47. The van der Waals surface area contributed by atoms with E-state index in [2.05, 4.69) is 0 Å². The summed E-state index contributed by atoms with van der Waals surface area (Å²) >= 11 is 0. The summed E-state index contributed by atoms with van der Waals surface area (Å²) < 4.78 is 22.1. The summed E-state index contributed by atoms with van der Waals surface area (Å²) in [5.41, 5.74) is 0. The average molecular weight is 248 g/mol. The van der Waals surface area contributed by atoms with Crippen LogP contribution in [0.3, 0.4) is 0 Å². The van der Waals surface area contributed by atoms with Crippen LogP contribution in [-0.2, 0) is 18.4 Å². The molecular weight excluding hydrogens is 227 g/mol. The van der Waals surface area contributed by atoms with Crippen molar-refractivity contribution in [2.24, 2.45) is 5.92 Å². The zero-order chi connectivity index (χ0) is 12.6. The SMILES string of the molecule is CCOP(=O)(C/C=C/C(=O)C(C)C)OCC. The summed E-state index contributed by atoms with van der Waals surface area (Å²) in [5, 5.41) is 0. The third kappa shape index (κ3) is 6.21. The molecule has 0 fully saturated rings. The highest BCUT2D eigenvalue weighted by atomic mass is 31.2. The van der Waals surface area contributed by atoms with Crippen LogP contribution in [-0.4, -0.2) is 25.2 Å². The van der Waals surface area contributed by atoms with Crippen molar-refractivity contribution in [3.05, 3.63) is 12.2 Å². The van der Waals surface area contributed by atoms with E-state index in [4.69, 9.17) is 9.05 Å². The lowest BCUT2D eigenvalue weighted by atomic mass is 10.1. The molecule has 0 radical (unpaired) electrons. The number of rotatable bonds is 8. The smallest absolute Gasteiger partial charge is 0.309 e. The molecule has 0 aromatic rings. The van der Waals surface area contributed by atoms with E-state index >= 15 is 0 Å². The Hall–Kier alpha value is -0.440. The fourth-order valence-electron chi connectivity index (χ4n) is 1.03. The molecule has 0 heterocycles. The van der Waals surface area contributed by atoms with Gasteiger partial charge in [-0.25, -0.2) is 0 Å². The molecule has 5 heteroatoms. The number of carbonyl (C=O) groups is 1. The Labute approximate surface area is 97.6 Å². The van der Waals surface area contributed by atoms with Crippen molar-refractivity contribution >= 4 is 13.4 Å². The van der Waals surface area contributed by atoms with Gasteiger partial charge in [0.25, 0.3) is 0 Å². The molecule has 94 valence electrons. The van der Waals surface area contributed by atoms with Crippen molar-refractivity contribution in [3.63, 3.8) is 0 Å². The molecular formula is C11H21O4P. The Morgan fingerprint density at radius 3 is 2.12 bits per heavy atom. The van der Waals surface area contributed by atoms with E-state index < -0.39 is 7.60 Å². The zero-order valence-electron chi connectivity index (χ0n) is 10.4. The molecule has 0 aromatic heterocycles. The number of carbonyl (C=O) groups excluding carboxylic acids is 1. The molecule has 0 aliphatic carbocycles. The highest BCUT2D eigenvalue weighted by Gasteiger charge is 2.21. The van der Waals surface area contributed by atoms with E-state index in [1.807, 2.05) is 13.8 Å². The molecule has 0 atom stereocenters. The fourth-order valence-corrected chi connectivity index (χ4v) is 2.46. The van der Waals surface area contributed by atoms with Gasteiger partial charge in [0.1, 0.15) is 0 Å². The molecule has 0 spiro atoms. The summed E-state index contributed by atoms with van der Waals surface area (Å²) in [6, 6.07) is 0. The third-order valence-electron chi connectivity index (χ3n) is 1.83. The van der Waals surface area contributed by atoms with Crippen molar-refractivity contribution in [2.75, 3.05) is 19.4 Å². The second-order valence-corrected chi connectivity index (χ2v) is 5.69. The summed E-state index contributed by atoms with van der Waals surface area (Å²) in [5.74, 6) is -0.0330. The molecule has 0 saturated heterocycles. The molecule has 0 amide bonds. The summed E-state index contributed by atoms with van der Waals surface area (Å²) in [6.45, 7) is 7.82. The monoisotopic (exact) mass is 248 g/mol.